The number of unbranched alkanes of at least 4 members (excludes halogenated alkanes) is 46. The van der Waals surface area contributed by atoms with Gasteiger partial charge in [0.25, 0.3) is 0 Å². The fourth-order valence-corrected chi connectivity index (χ4v) is 13.3. The van der Waals surface area contributed by atoms with Crippen LogP contribution in [0.4, 0.5) is 0 Å². The Balaban J connectivity index is 2.62. The molecular weight excluding hydrogens is 1170 g/mol. The van der Waals surface area contributed by atoms with Crippen LogP contribution < -0.4 is 31.9 Å². The monoisotopic (exact) mass is 1330 g/mol. The van der Waals surface area contributed by atoms with Crippen molar-refractivity contribution in [3.63, 3.8) is 0 Å². The number of amides is 6. The summed E-state index contributed by atoms with van der Waals surface area (Å²) >= 11 is 0. The summed E-state index contributed by atoms with van der Waals surface area (Å²) in [4.78, 5) is 83.5. The SMILES string of the molecule is CCCCCCCCCCCCCCNC(=O)CCN(CCCCC1NC(=O)C(CCCCN(CCC(=O)NCCCCCCCCCCCCCC)CCC(=O)NCCCCCCCCCCCCCC)NC1=O)CCC(=O)NCCCCCCCCCCCCCC. The van der Waals surface area contributed by atoms with Crippen molar-refractivity contribution in [3.8, 4) is 0 Å². The number of nitrogens with one attached hydrogen (secondary N) is 6. The molecule has 0 aromatic carbocycles. The van der Waals surface area contributed by atoms with Crippen molar-refractivity contribution < 1.29 is 28.8 Å². The van der Waals surface area contributed by atoms with E-state index in [-0.39, 0.29) is 35.4 Å². The molecule has 1 rings (SSSR count). The van der Waals surface area contributed by atoms with Crippen LogP contribution in [0, 0.1) is 0 Å². The number of rotatable bonds is 74. The van der Waals surface area contributed by atoms with E-state index < -0.39 is 12.1 Å². The zero-order valence-corrected chi connectivity index (χ0v) is 62.6. The molecule has 0 aliphatic carbocycles. The maximum atomic E-state index is 13.5. The van der Waals surface area contributed by atoms with E-state index in [1.54, 1.807) is 0 Å². The zero-order valence-electron chi connectivity index (χ0n) is 62.6. The Morgan fingerprint density at radius 1 is 0.255 bits per heavy atom. The predicted molar refractivity (Wildman–Crippen MR) is 399 cm³/mol. The first-order valence-corrected chi connectivity index (χ1v) is 41.3. The molecule has 1 aliphatic rings. The molecule has 1 aliphatic heterocycles. The molecule has 94 heavy (non-hydrogen) atoms. The second-order valence-corrected chi connectivity index (χ2v) is 28.8. The van der Waals surface area contributed by atoms with E-state index in [2.05, 4.69) is 69.4 Å². The molecule has 14 nitrogen and oxygen atoms in total. The molecule has 0 aromatic heterocycles. The summed E-state index contributed by atoms with van der Waals surface area (Å²) in [6.07, 6.45) is 67.3. The van der Waals surface area contributed by atoms with Crippen LogP contribution in [0.25, 0.3) is 0 Å². The van der Waals surface area contributed by atoms with Gasteiger partial charge < -0.3 is 41.7 Å². The second kappa shape index (κ2) is 69.6. The van der Waals surface area contributed by atoms with Crippen molar-refractivity contribution in [2.75, 3.05) is 65.4 Å². The number of hydrogen-bond donors (Lipinski definition) is 6. The predicted octanol–water partition coefficient (Wildman–Crippen LogP) is 18.7. The highest BCUT2D eigenvalue weighted by molar-refractivity contribution is 5.96. The number of carbonyl (C=O) groups is 6. The van der Waals surface area contributed by atoms with Crippen LogP contribution in [0.3, 0.4) is 0 Å². The summed E-state index contributed by atoms with van der Waals surface area (Å²) in [6.45, 7) is 15.6. The van der Waals surface area contributed by atoms with Gasteiger partial charge >= 0.3 is 0 Å². The molecule has 1 fully saturated rings. The number of hydrogen-bond acceptors (Lipinski definition) is 8. The fourth-order valence-electron chi connectivity index (χ4n) is 13.3. The molecule has 0 spiro atoms. The average Bonchev–Trinajstić information content (AvgIpc) is 0.989. The van der Waals surface area contributed by atoms with E-state index in [0.717, 1.165) is 77.0 Å². The van der Waals surface area contributed by atoms with Crippen molar-refractivity contribution >= 4 is 35.4 Å². The number of carbonyl (C=O) groups excluding carboxylic acids is 6. The van der Waals surface area contributed by atoms with Crippen LogP contribution >= 0.6 is 0 Å². The van der Waals surface area contributed by atoms with Gasteiger partial charge in [-0.1, -0.05) is 310 Å². The van der Waals surface area contributed by atoms with Gasteiger partial charge in [0.05, 0.1) is 0 Å². The molecule has 0 saturated carbocycles. The topological polar surface area (TPSA) is 181 Å². The normalized spacial score (nSPS) is 14.0. The van der Waals surface area contributed by atoms with E-state index in [0.29, 0.717) is 104 Å². The van der Waals surface area contributed by atoms with Crippen LogP contribution in [0.1, 0.15) is 400 Å². The van der Waals surface area contributed by atoms with Crippen molar-refractivity contribution in [1.29, 1.82) is 0 Å². The van der Waals surface area contributed by atoms with Crippen LogP contribution in [0.2, 0.25) is 0 Å². The Kier molecular flexibility index (Phi) is 65.7. The molecule has 552 valence electrons. The first-order valence-electron chi connectivity index (χ1n) is 41.3. The molecule has 1 saturated heterocycles. The zero-order chi connectivity index (χ0) is 68.1. The Morgan fingerprint density at radius 2 is 0.436 bits per heavy atom. The summed E-state index contributed by atoms with van der Waals surface area (Å²) in [5.74, 6) is -0.0904. The maximum absolute atomic E-state index is 13.5. The van der Waals surface area contributed by atoms with E-state index in [1.165, 1.54) is 257 Å². The minimum atomic E-state index is -0.596. The lowest BCUT2D eigenvalue weighted by Gasteiger charge is -2.30. The molecule has 0 aromatic rings. The van der Waals surface area contributed by atoms with Gasteiger partial charge in [0.2, 0.25) is 35.4 Å². The Hall–Kier alpha value is -3.26. The third-order valence-corrected chi connectivity index (χ3v) is 19.7. The first kappa shape index (κ1) is 88.8. The van der Waals surface area contributed by atoms with E-state index in [9.17, 15) is 28.8 Å². The standard InChI is InChI=1S/C80H156N8O6/c1-5-9-13-17-21-25-29-33-37-41-45-51-63-81-75(89)59-69-87(70-60-76(90)82-64-52-46-42-38-34-30-26-22-18-14-10-6-2)67-55-49-57-73-79(93)86-74(80(94)85-73)58-50-56-68-88(71-61-77(91)83-65-53-47-43-39-35-31-27-23-19-15-11-7-3)72-62-78(92)84-66-54-48-44-40-36-32-28-24-20-16-12-8-4/h73-74H,5-72H2,1-4H3,(H,81,89)(H,82,90)(H,83,91)(H,84,92)(H,85,94)(H,86,93). The van der Waals surface area contributed by atoms with Crippen molar-refractivity contribution in [2.24, 2.45) is 0 Å². The molecule has 6 amide bonds. The van der Waals surface area contributed by atoms with E-state index in [1.807, 2.05) is 0 Å². The molecule has 1 heterocycles. The van der Waals surface area contributed by atoms with Crippen LogP contribution in [0.15, 0.2) is 0 Å². The Bertz CT molecular complexity index is 1520. The lowest BCUT2D eigenvalue weighted by Crippen LogP contribution is -2.61. The van der Waals surface area contributed by atoms with Gasteiger partial charge in [0.1, 0.15) is 12.1 Å². The lowest BCUT2D eigenvalue weighted by atomic mass is 10.0. The molecule has 2 atom stereocenters. The average molecular weight is 1330 g/mol. The van der Waals surface area contributed by atoms with Crippen LogP contribution in [0.5, 0.6) is 0 Å². The van der Waals surface area contributed by atoms with Gasteiger partial charge in [0.15, 0.2) is 0 Å². The molecule has 0 bridgehead atoms. The molecule has 2 unspecified atom stereocenters. The minimum Gasteiger partial charge on any atom is -0.356 e. The van der Waals surface area contributed by atoms with Crippen molar-refractivity contribution in [2.45, 2.75) is 412 Å². The third-order valence-electron chi connectivity index (χ3n) is 19.7. The van der Waals surface area contributed by atoms with Crippen molar-refractivity contribution in [1.82, 2.24) is 41.7 Å². The number of nitrogens with zero attached hydrogens (tertiary/aromatic N) is 2. The van der Waals surface area contributed by atoms with Gasteiger partial charge in [-0.15, -0.1) is 0 Å². The highest BCUT2D eigenvalue weighted by atomic mass is 16.2. The summed E-state index contributed by atoms with van der Waals surface area (Å²) in [5, 5.41) is 18.6. The Labute approximate surface area is 580 Å². The van der Waals surface area contributed by atoms with Crippen LogP contribution in [-0.2, 0) is 28.8 Å². The van der Waals surface area contributed by atoms with E-state index in [4.69, 9.17) is 0 Å². The lowest BCUT2D eigenvalue weighted by molar-refractivity contribution is -0.137. The van der Waals surface area contributed by atoms with Gasteiger partial charge in [0, 0.05) is 78.0 Å². The summed E-state index contributed by atoms with van der Waals surface area (Å²) in [5.41, 5.74) is 0. The van der Waals surface area contributed by atoms with Crippen molar-refractivity contribution in [3.05, 3.63) is 0 Å². The summed E-state index contributed by atoms with van der Waals surface area (Å²) in [7, 11) is 0. The van der Waals surface area contributed by atoms with Gasteiger partial charge in [-0.25, -0.2) is 0 Å². The van der Waals surface area contributed by atoms with Crippen LogP contribution in [-0.4, -0.2) is 123 Å². The molecule has 6 N–H and O–H groups in total. The fraction of sp³-hybridized carbons (Fsp3) is 0.925. The molecular formula is C80H156N8O6. The van der Waals surface area contributed by atoms with E-state index >= 15 is 0 Å². The smallest absolute Gasteiger partial charge is 0.243 e. The highest BCUT2D eigenvalue weighted by Crippen LogP contribution is 2.18. The summed E-state index contributed by atoms with van der Waals surface area (Å²) < 4.78 is 0. The maximum Gasteiger partial charge on any atom is 0.243 e. The molecule has 14 heteroatoms. The first-order chi connectivity index (χ1) is 46.1. The van der Waals surface area contributed by atoms with Gasteiger partial charge in [-0.2, -0.15) is 0 Å². The number of piperazine rings is 1. The quantitative estimate of drug-likeness (QED) is 0.0326. The largest absolute Gasteiger partial charge is 0.356 e. The Morgan fingerprint density at radius 3 is 0.628 bits per heavy atom. The van der Waals surface area contributed by atoms with Gasteiger partial charge in [-0.3, -0.25) is 28.8 Å². The summed E-state index contributed by atoms with van der Waals surface area (Å²) in [6, 6.07) is -1.19. The molecule has 0 radical (unpaired) electrons. The van der Waals surface area contributed by atoms with Gasteiger partial charge in [-0.05, 0) is 77.3 Å². The minimum absolute atomic E-state index is 0.0530. The third kappa shape index (κ3) is 60.0. The second-order valence-electron chi connectivity index (χ2n) is 28.8. The highest BCUT2D eigenvalue weighted by Gasteiger charge is 2.33.